The third kappa shape index (κ3) is 3.73. The van der Waals surface area contributed by atoms with E-state index < -0.39 is 24.4 Å². The number of nitrogens with zero attached hydrogens (tertiary/aromatic N) is 3. The first kappa shape index (κ1) is 19.8. The van der Waals surface area contributed by atoms with Crippen molar-refractivity contribution < 1.29 is 18.3 Å². The Morgan fingerprint density at radius 2 is 2.24 bits per heavy atom. The minimum absolute atomic E-state index is 0.0641. The number of carbonyl (C=O) groups excluding carboxylic acids is 1. The molecule has 2 aromatic rings. The van der Waals surface area contributed by atoms with E-state index in [1.165, 1.54) is 11.8 Å². The number of alkyl halides is 2. The normalized spacial score (nSPS) is 21.9. The Hall–Kier alpha value is -2.49. The van der Waals surface area contributed by atoms with Gasteiger partial charge in [0.15, 0.2) is 0 Å². The molecule has 10 heteroatoms. The Labute approximate surface area is 171 Å². The molecule has 1 aromatic heterocycles. The van der Waals surface area contributed by atoms with Gasteiger partial charge < -0.3 is 25.3 Å². The smallest absolute Gasteiger partial charge is 0.259 e. The molecule has 0 radical (unpaired) electrons. The molecule has 156 valence electrons. The lowest BCUT2D eigenvalue weighted by Crippen LogP contribution is -2.40. The van der Waals surface area contributed by atoms with Gasteiger partial charge in [0.2, 0.25) is 5.91 Å². The van der Waals surface area contributed by atoms with E-state index in [9.17, 15) is 13.6 Å². The topological polar surface area (TPSA) is 85.4 Å². The van der Waals surface area contributed by atoms with Crippen molar-refractivity contribution in [3.05, 3.63) is 24.4 Å². The number of halogens is 2. The minimum atomic E-state index is -2.43. The first-order valence-corrected chi connectivity index (χ1v) is 10.5. The molecule has 4 rings (SSSR count). The fraction of sp³-hybridized carbons (Fsp3) is 0.474. The van der Waals surface area contributed by atoms with Crippen LogP contribution in [-0.2, 0) is 11.3 Å². The second-order valence-electron chi connectivity index (χ2n) is 7.19. The quantitative estimate of drug-likeness (QED) is 0.769. The van der Waals surface area contributed by atoms with Gasteiger partial charge in [0.1, 0.15) is 36.1 Å². The Morgan fingerprint density at radius 1 is 1.45 bits per heavy atom. The number of fused-ring (bicyclic) bond motifs is 3. The third-order valence-corrected chi connectivity index (χ3v) is 6.44. The summed E-state index contributed by atoms with van der Waals surface area (Å²) in [7, 11) is 0. The zero-order valence-corrected chi connectivity index (χ0v) is 17.0. The predicted octanol–water partition coefficient (Wildman–Crippen LogP) is 2.76. The molecular weight excluding hydrogens is 400 g/mol. The second-order valence-corrected chi connectivity index (χ2v) is 8.53. The van der Waals surface area contributed by atoms with Crippen LogP contribution < -0.4 is 20.7 Å². The lowest BCUT2D eigenvalue weighted by molar-refractivity contribution is -0.118. The van der Waals surface area contributed by atoms with Crippen molar-refractivity contribution in [1.29, 1.82) is 0 Å². The minimum Gasteiger partial charge on any atom is -0.491 e. The molecule has 1 fully saturated rings. The number of thioether (sulfide) groups is 1. The molecule has 1 aromatic carbocycles. The predicted molar refractivity (Wildman–Crippen MR) is 110 cm³/mol. The summed E-state index contributed by atoms with van der Waals surface area (Å²) in [6.07, 6.45) is -0.599. The van der Waals surface area contributed by atoms with Gasteiger partial charge in [0.05, 0.1) is 17.5 Å². The number of primary amides is 1. The van der Waals surface area contributed by atoms with E-state index in [1.807, 2.05) is 29.8 Å². The summed E-state index contributed by atoms with van der Waals surface area (Å²) in [5.41, 5.74) is 6.79. The lowest BCUT2D eigenvalue weighted by Gasteiger charge is -2.26. The van der Waals surface area contributed by atoms with Gasteiger partial charge in [0, 0.05) is 23.7 Å². The molecule has 0 saturated carbocycles. The van der Waals surface area contributed by atoms with Crippen LogP contribution in [0.2, 0.25) is 0 Å². The number of carbonyl (C=O) groups is 1. The molecule has 0 bridgehead atoms. The SMILES string of the molecule is CC1SCC(C(F)F)N1c1cn2c(n1)-c1ccc(N[C@@H](C)C(N)=O)cc1OCC2. The zero-order chi connectivity index (χ0) is 20.7. The number of amides is 1. The monoisotopic (exact) mass is 423 g/mol. The number of ether oxygens (including phenoxy) is 1. The summed E-state index contributed by atoms with van der Waals surface area (Å²) in [6.45, 7) is 4.59. The summed E-state index contributed by atoms with van der Waals surface area (Å²) in [6, 6.07) is 4.11. The zero-order valence-electron chi connectivity index (χ0n) is 16.1. The molecule has 7 nitrogen and oxygen atoms in total. The number of hydrogen-bond acceptors (Lipinski definition) is 6. The molecule has 2 aliphatic rings. The summed E-state index contributed by atoms with van der Waals surface area (Å²) in [5, 5.41) is 2.97. The molecular formula is C19H23F2N5O2S. The van der Waals surface area contributed by atoms with Crippen LogP contribution >= 0.6 is 11.8 Å². The maximum atomic E-state index is 13.5. The number of nitrogens with two attached hydrogens (primary N) is 1. The van der Waals surface area contributed by atoms with Crippen LogP contribution in [0, 0.1) is 0 Å². The first-order valence-electron chi connectivity index (χ1n) is 9.43. The van der Waals surface area contributed by atoms with E-state index in [2.05, 4.69) is 5.32 Å². The highest BCUT2D eigenvalue weighted by molar-refractivity contribution is 8.00. The van der Waals surface area contributed by atoms with Crippen LogP contribution in [0.1, 0.15) is 13.8 Å². The van der Waals surface area contributed by atoms with Crippen LogP contribution in [0.5, 0.6) is 5.75 Å². The van der Waals surface area contributed by atoms with Crippen LogP contribution in [0.15, 0.2) is 24.4 Å². The number of aromatic nitrogens is 2. The highest BCUT2D eigenvalue weighted by Crippen LogP contribution is 2.39. The highest BCUT2D eigenvalue weighted by atomic mass is 32.2. The molecule has 3 heterocycles. The van der Waals surface area contributed by atoms with Crippen molar-refractivity contribution in [1.82, 2.24) is 9.55 Å². The molecule has 29 heavy (non-hydrogen) atoms. The van der Waals surface area contributed by atoms with Crippen molar-refractivity contribution in [3.63, 3.8) is 0 Å². The van der Waals surface area contributed by atoms with E-state index >= 15 is 0 Å². The van der Waals surface area contributed by atoms with E-state index in [0.717, 1.165) is 5.56 Å². The van der Waals surface area contributed by atoms with E-state index in [4.69, 9.17) is 15.5 Å². The number of nitrogens with one attached hydrogen (secondary N) is 1. The molecule has 1 amide bonds. The second kappa shape index (κ2) is 7.74. The van der Waals surface area contributed by atoms with E-state index in [1.54, 1.807) is 17.9 Å². The van der Waals surface area contributed by atoms with Gasteiger partial charge in [-0.05, 0) is 26.0 Å². The van der Waals surface area contributed by atoms with Crippen LogP contribution in [0.4, 0.5) is 20.3 Å². The molecule has 2 unspecified atom stereocenters. The van der Waals surface area contributed by atoms with Crippen molar-refractivity contribution in [2.45, 2.75) is 44.3 Å². The van der Waals surface area contributed by atoms with Gasteiger partial charge in [-0.3, -0.25) is 4.79 Å². The van der Waals surface area contributed by atoms with Crippen LogP contribution in [0.3, 0.4) is 0 Å². The summed E-state index contributed by atoms with van der Waals surface area (Å²) in [5.74, 6) is 1.79. The number of imidazole rings is 1. The Bertz CT molecular complexity index is 922. The number of hydrogen-bond donors (Lipinski definition) is 2. The maximum Gasteiger partial charge on any atom is 0.259 e. The summed E-state index contributed by atoms with van der Waals surface area (Å²) >= 11 is 1.51. The standard InChI is InChI=1S/C19H23F2N5O2S/c1-10(18(22)27)23-12-3-4-13-15(7-12)28-6-5-25-8-16(24-19(13)25)26-11(2)29-9-14(26)17(20)21/h3-4,7-8,10-11,14,17,23H,5-6,9H2,1-2H3,(H2,22,27)/t10-,11?,14?/m0/s1. The summed E-state index contributed by atoms with van der Waals surface area (Å²) in [4.78, 5) is 17.7. The molecule has 0 aliphatic carbocycles. The van der Waals surface area contributed by atoms with Crippen LogP contribution in [0.25, 0.3) is 11.4 Å². The first-order chi connectivity index (χ1) is 13.8. The van der Waals surface area contributed by atoms with E-state index in [-0.39, 0.29) is 5.37 Å². The third-order valence-electron chi connectivity index (χ3n) is 5.20. The Balaban J connectivity index is 1.68. The number of anilines is 2. The van der Waals surface area contributed by atoms with Crippen LogP contribution in [-0.4, -0.2) is 51.7 Å². The van der Waals surface area contributed by atoms with Gasteiger partial charge in [0.25, 0.3) is 6.43 Å². The van der Waals surface area contributed by atoms with Gasteiger partial charge in [-0.15, -0.1) is 11.8 Å². The van der Waals surface area contributed by atoms with Gasteiger partial charge in [-0.2, -0.15) is 0 Å². The molecule has 1 saturated heterocycles. The lowest BCUT2D eigenvalue weighted by atomic mass is 10.1. The molecule has 3 atom stereocenters. The van der Waals surface area contributed by atoms with Crippen molar-refractivity contribution >= 4 is 29.2 Å². The van der Waals surface area contributed by atoms with Gasteiger partial charge in [-0.1, -0.05) is 0 Å². The fourth-order valence-electron chi connectivity index (χ4n) is 3.62. The Morgan fingerprint density at radius 3 is 2.97 bits per heavy atom. The molecule has 2 aliphatic heterocycles. The molecule has 3 N–H and O–H groups in total. The number of benzene rings is 1. The largest absolute Gasteiger partial charge is 0.491 e. The fourth-order valence-corrected chi connectivity index (χ4v) is 4.83. The average Bonchev–Trinajstić information content (AvgIpc) is 3.21. The Kier molecular flexibility index (Phi) is 5.28. The van der Waals surface area contributed by atoms with Crippen molar-refractivity contribution in [2.75, 3.05) is 22.6 Å². The maximum absolute atomic E-state index is 13.5. The van der Waals surface area contributed by atoms with Gasteiger partial charge >= 0.3 is 0 Å². The summed E-state index contributed by atoms with van der Waals surface area (Å²) < 4.78 is 34.8. The van der Waals surface area contributed by atoms with Gasteiger partial charge in [-0.25, -0.2) is 13.8 Å². The highest BCUT2D eigenvalue weighted by Gasteiger charge is 2.39. The molecule has 0 spiro atoms. The number of rotatable bonds is 5. The van der Waals surface area contributed by atoms with E-state index in [0.29, 0.717) is 42.0 Å². The van der Waals surface area contributed by atoms with Crippen molar-refractivity contribution in [2.24, 2.45) is 5.73 Å². The van der Waals surface area contributed by atoms with Crippen molar-refractivity contribution in [3.8, 4) is 17.1 Å². The average molecular weight is 423 g/mol.